The van der Waals surface area contributed by atoms with Gasteiger partial charge < -0.3 is 9.63 Å². The SMILES string of the molecule is O=C(OCC[PH](=O)O)c1ccc2ccc3cccc4ccc1c2c34. The maximum Gasteiger partial charge on any atom is 0.338 e. The van der Waals surface area contributed by atoms with Gasteiger partial charge >= 0.3 is 5.97 Å². The monoisotopic (exact) mass is 338 g/mol. The Morgan fingerprint density at radius 3 is 2.25 bits per heavy atom. The highest BCUT2D eigenvalue weighted by atomic mass is 31.1. The number of carbonyl (C=O) groups is 1. The van der Waals surface area contributed by atoms with Gasteiger partial charge in [0.25, 0.3) is 0 Å². The molecule has 4 nitrogen and oxygen atoms in total. The highest BCUT2D eigenvalue weighted by Gasteiger charge is 2.16. The Morgan fingerprint density at radius 1 is 0.917 bits per heavy atom. The summed E-state index contributed by atoms with van der Waals surface area (Å²) in [7, 11) is -2.62. The van der Waals surface area contributed by atoms with E-state index in [4.69, 9.17) is 9.63 Å². The van der Waals surface area contributed by atoms with Crippen LogP contribution in [0.15, 0.2) is 54.6 Å². The van der Waals surface area contributed by atoms with E-state index in [0.717, 1.165) is 32.3 Å². The van der Waals surface area contributed by atoms with Crippen molar-refractivity contribution in [2.45, 2.75) is 0 Å². The van der Waals surface area contributed by atoms with Crippen molar-refractivity contribution < 1.29 is 19.0 Å². The summed E-state index contributed by atoms with van der Waals surface area (Å²) in [5, 5.41) is 6.38. The van der Waals surface area contributed by atoms with Gasteiger partial charge in [0.05, 0.1) is 11.7 Å². The van der Waals surface area contributed by atoms with E-state index < -0.39 is 14.0 Å². The molecule has 0 bridgehead atoms. The number of ether oxygens (including phenoxy) is 1. The fraction of sp³-hybridized carbons (Fsp3) is 0.105. The molecule has 0 heterocycles. The zero-order valence-electron chi connectivity index (χ0n) is 12.8. The van der Waals surface area contributed by atoms with Crippen molar-refractivity contribution in [2.24, 2.45) is 0 Å². The molecule has 4 aromatic carbocycles. The molecule has 0 radical (unpaired) electrons. The maximum atomic E-state index is 12.4. The van der Waals surface area contributed by atoms with Crippen LogP contribution in [0.2, 0.25) is 0 Å². The first kappa shape index (κ1) is 15.1. The Labute approximate surface area is 138 Å². The van der Waals surface area contributed by atoms with Crippen molar-refractivity contribution >= 4 is 46.3 Å². The number of rotatable bonds is 4. The van der Waals surface area contributed by atoms with E-state index in [1.165, 1.54) is 0 Å². The lowest BCUT2D eigenvalue weighted by Crippen LogP contribution is -2.08. The van der Waals surface area contributed by atoms with Crippen LogP contribution in [-0.2, 0) is 9.30 Å². The summed E-state index contributed by atoms with van der Waals surface area (Å²) in [5.41, 5.74) is 0.485. The smallest absolute Gasteiger partial charge is 0.338 e. The normalized spacial score (nSPS) is 12.9. The largest absolute Gasteiger partial charge is 0.462 e. The van der Waals surface area contributed by atoms with Gasteiger partial charge in [-0.1, -0.05) is 48.5 Å². The second kappa shape index (κ2) is 5.90. The van der Waals surface area contributed by atoms with E-state index in [1.54, 1.807) is 6.07 Å². The van der Waals surface area contributed by atoms with Gasteiger partial charge in [-0.25, -0.2) is 4.79 Å². The molecule has 0 fully saturated rings. The molecular weight excluding hydrogens is 323 g/mol. The van der Waals surface area contributed by atoms with Crippen LogP contribution in [0.5, 0.6) is 0 Å². The van der Waals surface area contributed by atoms with Gasteiger partial charge in [-0.15, -0.1) is 0 Å². The Bertz CT molecular complexity index is 1070. The van der Waals surface area contributed by atoms with Crippen LogP contribution in [0, 0.1) is 0 Å². The van der Waals surface area contributed by atoms with Crippen molar-refractivity contribution in [3.63, 3.8) is 0 Å². The van der Waals surface area contributed by atoms with Gasteiger partial charge in [0.15, 0.2) is 8.03 Å². The molecule has 0 saturated carbocycles. The number of benzene rings is 4. The van der Waals surface area contributed by atoms with E-state index in [1.807, 2.05) is 24.3 Å². The molecule has 4 aromatic rings. The zero-order valence-corrected chi connectivity index (χ0v) is 13.8. The summed E-state index contributed by atoms with van der Waals surface area (Å²) in [6.07, 6.45) is -0.0117. The fourth-order valence-corrected chi connectivity index (χ4v) is 3.50. The highest BCUT2D eigenvalue weighted by molar-refractivity contribution is 7.38. The van der Waals surface area contributed by atoms with Crippen LogP contribution < -0.4 is 0 Å². The summed E-state index contributed by atoms with van der Waals surface area (Å²) < 4.78 is 15.9. The maximum absolute atomic E-state index is 12.4. The number of hydrogen-bond donors (Lipinski definition) is 1. The lowest BCUT2D eigenvalue weighted by atomic mass is 9.92. The summed E-state index contributed by atoms with van der Waals surface area (Å²) >= 11 is 0. The molecule has 1 N–H and O–H groups in total. The molecule has 0 aliphatic heterocycles. The van der Waals surface area contributed by atoms with E-state index in [0.29, 0.717) is 5.56 Å². The van der Waals surface area contributed by atoms with Crippen molar-refractivity contribution in [2.75, 3.05) is 12.8 Å². The quantitative estimate of drug-likeness (QED) is 0.344. The van der Waals surface area contributed by atoms with Crippen LogP contribution in [0.3, 0.4) is 0 Å². The molecule has 0 aromatic heterocycles. The molecular formula is C19H15O4P. The third kappa shape index (κ3) is 2.44. The Morgan fingerprint density at radius 2 is 1.54 bits per heavy atom. The molecule has 5 heteroatoms. The van der Waals surface area contributed by atoms with Crippen LogP contribution in [0.1, 0.15) is 10.4 Å². The Kier molecular flexibility index (Phi) is 3.72. The zero-order chi connectivity index (χ0) is 16.7. The molecule has 0 amide bonds. The van der Waals surface area contributed by atoms with Gasteiger partial charge in [-0.05, 0) is 38.4 Å². The summed E-state index contributed by atoms with van der Waals surface area (Å²) in [4.78, 5) is 21.2. The van der Waals surface area contributed by atoms with E-state index >= 15 is 0 Å². The first-order valence-corrected chi connectivity index (χ1v) is 9.27. The predicted molar refractivity (Wildman–Crippen MR) is 96.5 cm³/mol. The molecule has 24 heavy (non-hydrogen) atoms. The Hall–Kier alpha value is -2.42. The summed E-state index contributed by atoms with van der Waals surface area (Å²) in [6, 6.07) is 17.9. The first-order chi connectivity index (χ1) is 11.6. The highest BCUT2D eigenvalue weighted by Crippen LogP contribution is 2.36. The average molecular weight is 338 g/mol. The molecule has 0 spiro atoms. The molecule has 0 aliphatic carbocycles. The van der Waals surface area contributed by atoms with Crippen molar-refractivity contribution in [1.82, 2.24) is 0 Å². The first-order valence-electron chi connectivity index (χ1n) is 7.70. The van der Waals surface area contributed by atoms with E-state index in [2.05, 4.69) is 24.3 Å². The third-order valence-corrected chi connectivity index (χ3v) is 4.93. The molecule has 120 valence electrons. The fourth-order valence-electron chi connectivity index (χ4n) is 3.22. The van der Waals surface area contributed by atoms with Gasteiger partial charge in [0.2, 0.25) is 0 Å². The van der Waals surface area contributed by atoms with Crippen molar-refractivity contribution in [3.05, 3.63) is 60.2 Å². The number of carbonyl (C=O) groups excluding carboxylic acids is 1. The van der Waals surface area contributed by atoms with Crippen LogP contribution in [-0.4, -0.2) is 23.6 Å². The van der Waals surface area contributed by atoms with Crippen molar-refractivity contribution in [1.29, 1.82) is 0 Å². The predicted octanol–water partition coefficient (Wildman–Crippen LogP) is 4.21. The van der Waals surface area contributed by atoms with E-state index in [-0.39, 0.29) is 12.8 Å². The molecule has 4 rings (SSSR count). The average Bonchev–Trinajstić information content (AvgIpc) is 2.59. The second-order valence-corrected chi connectivity index (χ2v) is 7.04. The van der Waals surface area contributed by atoms with Crippen LogP contribution >= 0.6 is 8.03 Å². The molecule has 1 unspecified atom stereocenters. The number of esters is 1. The standard InChI is InChI=1S/C19H15O4P/c20-19(23-10-11-24(21)22)16-9-7-14-5-4-12-2-1-3-13-6-8-15(16)18(14)17(12)13/h1-9,24H,10-11H2,(H,21,22). The van der Waals surface area contributed by atoms with Crippen LogP contribution in [0.4, 0.5) is 0 Å². The van der Waals surface area contributed by atoms with Gasteiger partial charge in [-0.2, -0.15) is 0 Å². The molecule has 0 aliphatic rings. The minimum atomic E-state index is -2.62. The van der Waals surface area contributed by atoms with Crippen LogP contribution in [0.25, 0.3) is 32.3 Å². The van der Waals surface area contributed by atoms with Gasteiger partial charge in [0, 0.05) is 0 Å². The lowest BCUT2D eigenvalue weighted by molar-refractivity contribution is 0.0530. The third-order valence-electron chi connectivity index (χ3n) is 4.30. The summed E-state index contributed by atoms with van der Waals surface area (Å²) in [6.45, 7) is -0.0465. The minimum Gasteiger partial charge on any atom is -0.462 e. The molecule has 0 saturated heterocycles. The van der Waals surface area contributed by atoms with Gasteiger partial charge in [0.1, 0.15) is 6.61 Å². The molecule has 1 atom stereocenters. The topological polar surface area (TPSA) is 63.6 Å². The van der Waals surface area contributed by atoms with E-state index in [9.17, 15) is 9.36 Å². The number of hydrogen-bond acceptors (Lipinski definition) is 3. The Balaban J connectivity index is 1.88. The van der Waals surface area contributed by atoms with Crippen molar-refractivity contribution in [3.8, 4) is 0 Å². The lowest BCUT2D eigenvalue weighted by Gasteiger charge is -2.13. The summed E-state index contributed by atoms with van der Waals surface area (Å²) in [5.74, 6) is -0.462. The second-order valence-electron chi connectivity index (χ2n) is 5.75. The van der Waals surface area contributed by atoms with Gasteiger partial charge in [-0.3, -0.25) is 4.57 Å². The minimum absolute atomic E-state index is 0.0117.